The molecule has 1 aromatic heterocycles. The highest BCUT2D eigenvalue weighted by Crippen LogP contribution is 2.29. The largest absolute Gasteiger partial charge is 0.346 e. The van der Waals surface area contributed by atoms with Gasteiger partial charge in [0.15, 0.2) is 5.13 Å². The molecule has 24 heavy (non-hydrogen) atoms. The average molecular weight is 344 g/mol. The van der Waals surface area contributed by atoms with Gasteiger partial charge in [-0.1, -0.05) is 30.3 Å². The molecule has 2 amide bonds. The zero-order valence-corrected chi connectivity index (χ0v) is 15.3. The molecular weight excluding hydrogens is 320 g/mol. The van der Waals surface area contributed by atoms with Crippen LogP contribution in [0.25, 0.3) is 11.3 Å². The molecule has 0 saturated carbocycles. The Morgan fingerprint density at radius 2 is 2.00 bits per heavy atom. The molecule has 6 heteroatoms. The molecule has 0 aliphatic carbocycles. The third-order valence-electron chi connectivity index (χ3n) is 4.46. The van der Waals surface area contributed by atoms with Crippen molar-refractivity contribution in [3.8, 4) is 11.3 Å². The van der Waals surface area contributed by atoms with E-state index in [4.69, 9.17) is 4.98 Å². The van der Waals surface area contributed by atoms with Gasteiger partial charge in [-0.2, -0.15) is 0 Å². The van der Waals surface area contributed by atoms with Crippen LogP contribution < -0.4 is 4.90 Å². The first-order chi connectivity index (χ1) is 11.6. The number of nitrogens with zero attached hydrogens (tertiary/aromatic N) is 4. The molecule has 1 saturated heterocycles. The van der Waals surface area contributed by atoms with E-state index < -0.39 is 0 Å². The lowest BCUT2D eigenvalue weighted by Gasteiger charge is -2.38. The minimum Gasteiger partial charge on any atom is -0.346 e. The van der Waals surface area contributed by atoms with Gasteiger partial charge in [0.25, 0.3) is 0 Å². The molecule has 1 fully saturated rings. The number of rotatable bonds is 3. The van der Waals surface area contributed by atoms with Crippen molar-refractivity contribution in [1.29, 1.82) is 0 Å². The molecule has 3 rings (SSSR count). The molecule has 0 bridgehead atoms. The zero-order valence-electron chi connectivity index (χ0n) is 14.5. The van der Waals surface area contributed by atoms with Gasteiger partial charge >= 0.3 is 6.03 Å². The van der Waals surface area contributed by atoms with Crippen LogP contribution in [0.15, 0.2) is 35.7 Å². The van der Waals surface area contributed by atoms with Gasteiger partial charge in [0, 0.05) is 45.2 Å². The summed E-state index contributed by atoms with van der Waals surface area (Å²) in [7, 11) is 5.49. The Bertz CT molecular complexity index is 685. The quantitative estimate of drug-likeness (QED) is 0.857. The lowest BCUT2D eigenvalue weighted by molar-refractivity contribution is 0.157. The van der Waals surface area contributed by atoms with E-state index in [0.717, 1.165) is 42.3 Å². The number of hydrogen-bond donors (Lipinski definition) is 0. The maximum absolute atomic E-state index is 12.2. The van der Waals surface area contributed by atoms with Gasteiger partial charge in [-0.15, -0.1) is 11.3 Å². The first kappa shape index (κ1) is 16.8. The molecule has 5 nitrogen and oxygen atoms in total. The molecule has 2 aromatic rings. The summed E-state index contributed by atoms with van der Waals surface area (Å²) in [6.45, 7) is 1.85. The Kier molecular flexibility index (Phi) is 5.04. The summed E-state index contributed by atoms with van der Waals surface area (Å²) >= 11 is 1.68. The molecule has 0 N–H and O–H groups in total. The maximum atomic E-state index is 12.2. The first-order valence-electron chi connectivity index (χ1n) is 8.26. The van der Waals surface area contributed by atoms with Crippen LogP contribution in [0, 0.1) is 0 Å². The second-order valence-electron chi connectivity index (χ2n) is 6.41. The number of piperidine rings is 1. The average Bonchev–Trinajstić information content (AvgIpc) is 3.11. The van der Waals surface area contributed by atoms with Gasteiger partial charge in [-0.05, 0) is 12.8 Å². The summed E-state index contributed by atoms with van der Waals surface area (Å²) in [5.74, 6) is 0. The minimum absolute atomic E-state index is 0.0611. The Hall–Kier alpha value is -2.08. The highest BCUT2D eigenvalue weighted by atomic mass is 32.1. The van der Waals surface area contributed by atoms with E-state index in [9.17, 15) is 4.79 Å². The molecule has 1 atom stereocenters. The fourth-order valence-electron chi connectivity index (χ4n) is 3.07. The fraction of sp³-hybridized carbons (Fsp3) is 0.444. The monoisotopic (exact) mass is 344 g/mol. The van der Waals surface area contributed by atoms with Gasteiger partial charge in [0.1, 0.15) is 0 Å². The summed E-state index contributed by atoms with van der Waals surface area (Å²) in [6, 6.07) is 10.6. The zero-order chi connectivity index (χ0) is 17.1. The Morgan fingerprint density at radius 1 is 1.25 bits per heavy atom. The third-order valence-corrected chi connectivity index (χ3v) is 5.36. The van der Waals surface area contributed by atoms with Crippen molar-refractivity contribution in [1.82, 2.24) is 14.8 Å². The molecular formula is C18H24N4OS. The lowest BCUT2D eigenvalue weighted by Crippen LogP contribution is -2.51. The number of aromatic nitrogens is 1. The van der Waals surface area contributed by atoms with E-state index in [0.29, 0.717) is 0 Å². The molecule has 128 valence electrons. The van der Waals surface area contributed by atoms with E-state index in [1.54, 1.807) is 30.3 Å². The molecule has 0 spiro atoms. The number of anilines is 1. The number of benzene rings is 1. The van der Waals surface area contributed by atoms with E-state index in [1.165, 1.54) is 0 Å². The summed E-state index contributed by atoms with van der Waals surface area (Å²) in [6.07, 6.45) is 2.12. The van der Waals surface area contributed by atoms with E-state index in [-0.39, 0.29) is 12.1 Å². The third kappa shape index (κ3) is 3.53. The summed E-state index contributed by atoms with van der Waals surface area (Å²) in [5, 5.41) is 3.16. The maximum Gasteiger partial charge on any atom is 0.319 e. The Morgan fingerprint density at radius 3 is 2.71 bits per heavy atom. The second-order valence-corrected chi connectivity index (χ2v) is 7.25. The molecule has 2 heterocycles. The van der Waals surface area contributed by atoms with Gasteiger partial charge in [0.2, 0.25) is 0 Å². The van der Waals surface area contributed by atoms with Gasteiger partial charge in [0.05, 0.1) is 11.7 Å². The Balaban J connectivity index is 1.71. The molecule has 1 unspecified atom stereocenters. The standard InChI is InChI=1S/C18H24N4OS/c1-20(2)18(23)21(3)15-10-7-11-22(12-15)17-19-16(13-24-17)14-8-5-4-6-9-14/h4-6,8-9,13,15H,7,10-12H2,1-3H3. The smallest absolute Gasteiger partial charge is 0.319 e. The highest BCUT2D eigenvalue weighted by Gasteiger charge is 2.28. The number of amides is 2. The van der Waals surface area contributed by atoms with Crippen molar-refractivity contribution >= 4 is 22.5 Å². The van der Waals surface area contributed by atoms with Crippen molar-refractivity contribution in [3.63, 3.8) is 0 Å². The fourth-order valence-corrected chi connectivity index (χ4v) is 3.94. The van der Waals surface area contributed by atoms with Crippen molar-refractivity contribution in [2.24, 2.45) is 0 Å². The van der Waals surface area contributed by atoms with Gasteiger partial charge < -0.3 is 14.7 Å². The molecule has 1 aliphatic rings. The first-order valence-corrected chi connectivity index (χ1v) is 9.14. The van der Waals surface area contributed by atoms with Crippen molar-refractivity contribution in [3.05, 3.63) is 35.7 Å². The minimum atomic E-state index is 0.0611. The number of urea groups is 1. The highest BCUT2D eigenvalue weighted by molar-refractivity contribution is 7.14. The number of carbonyl (C=O) groups is 1. The lowest BCUT2D eigenvalue weighted by atomic mass is 10.1. The molecule has 0 radical (unpaired) electrons. The number of likely N-dealkylation sites (N-methyl/N-ethyl adjacent to an activating group) is 1. The van der Waals surface area contributed by atoms with Crippen LogP contribution in [0.2, 0.25) is 0 Å². The summed E-state index contributed by atoms with van der Waals surface area (Å²) in [5.41, 5.74) is 2.17. The second kappa shape index (κ2) is 7.21. The van der Waals surface area contributed by atoms with Crippen LogP contribution in [0.4, 0.5) is 9.93 Å². The van der Waals surface area contributed by atoms with Crippen LogP contribution in [0.1, 0.15) is 12.8 Å². The van der Waals surface area contributed by atoms with Crippen LogP contribution in [-0.2, 0) is 0 Å². The van der Waals surface area contributed by atoms with Gasteiger partial charge in [-0.25, -0.2) is 9.78 Å². The molecule has 1 aromatic carbocycles. The molecule has 1 aliphatic heterocycles. The number of thiazole rings is 1. The van der Waals surface area contributed by atoms with Crippen LogP contribution >= 0.6 is 11.3 Å². The summed E-state index contributed by atoms with van der Waals surface area (Å²) in [4.78, 5) is 22.8. The Labute approximate surface area is 147 Å². The number of carbonyl (C=O) groups excluding carboxylic acids is 1. The topological polar surface area (TPSA) is 39.7 Å². The van der Waals surface area contributed by atoms with E-state index in [1.807, 2.05) is 30.1 Å². The van der Waals surface area contributed by atoms with Crippen molar-refractivity contribution < 1.29 is 4.79 Å². The SMILES string of the molecule is CN(C)C(=O)N(C)C1CCCN(c2nc(-c3ccccc3)cs2)C1. The van der Waals surface area contributed by atoms with E-state index in [2.05, 4.69) is 22.4 Å². The predicted molar refractivity (Wildman–Crippen MR) is 99.6 cm³/mol. The van der Waals surface area contributed by atoms with Crippen molar-refractivity contribution in [2.75, 3.05) is 39.1 Å². The van der Waals surface area contributed by atoms with Gasteiger partial charge in [-0.3, -0.25) is 0 Å². The summed E-state index contributed by atoms with van der Waals surface area (Å²) < 4.78 is 0. The number of hydrogen-bond acceptors (Lipinski definition) is 4. The predicted octanol–water partition coefficient (Wildman–Crippen LogP) is 3.39. The van der Waals surface area contributed by atoms with Crippen LogP contribution in [0.5, 0.6) is 0 Å². The van der Waals surface area contributed by atoms with Crippen molar-refractivity contribution in [2.45, 2.75) is 18.9 Å². The van der Waals surface area contributed by atoms with Crippen LogP contribution in [-0.4, -0.2) is 61.1 Å². The normalized spacial score (nSPS) is 17.6. The van der Waals surface area contributed by atoms with Crippen LogP contribution in [0.3, 0.4) is 0 Å². The van der Waals surface area contributed by atoms with E-state index >= 15 is 0 Å².